The van der Waals surface area contributed by atoms with Crippen LogP contribution in [0.4, 0.5) is 0 Å². The van der Waals surface area contributed by atoms with Gasteiger partial charge in [-0.1, -0.05) is 24.8 Å². The van der Waals surface area contributed by atoms with Gasteiger partial charge in [0.25, 0.3) is 0 Å². The van der Waals surface area contributed by atoms with E-state index >= 15 is 0 Å². The third-order valence-corrected chi connectivity index (χ3v) is 6.49. The van der Waals surface area contributed by atoms with Gasteiger partial charge in [-0.15, -0.1) is 0 Å². The molecule has 0 spiro atoms. The molecule has 202 valence electrons. The number of aromatic nitrogens is 2. The van der Waals surface area contributed by atoms with E-state index in [0.717, 1.165) is 51.2 Å². The number of hydrogen-bond acceptors (Lipinski definition) is 6. The number of nitrogens with zero attached hydrogens (tertiary/aromatic N) is 2. The lowest BCUT2D eigenvalue weighted by Crippen LogP contribution is -2.19. The molecule has 7 heteroatoms. The predicted molar refractivity (Wildman–Crippen MR) is 155 cm³/mol. The van der Waals surface area contributed by atoms with Crippen molar-refractivity contribution < 1.29 is 19.1 Å². The minimum Gasteiger partial charge on any atom is -0.492 e. The van der Waals surface area contributed by atoms with Gasteiger partial charge in [-0.25, -0.2) is 9.78 Å². The Morgan fingerprint density at radius 1 is 1.13 bits per heavy atom. The molecule has 0 saturated heterocycles. The number of carbonyl (C=O) groups is 2. The summed E-state index contributed by atoms with van der Waals surface area (Å²) in [5.41, 5.74) is 6.60. The maximum atomic E-state index is 12.7. The van der Waals surface area contributed by atoms with Gasteiger partial charge in [0.15, 0.2) is 5.78 Å². The molecule has 0 aliphatic rings. The molecular formula is C32H35N3O4. The molecule has 0 aliphatic heterocycles. The number of hydrogen-bond donors (Lipinski definition) is 1. The van der Waals surface area contributed by atoms with Crippen LogP contribution in [0.25, 0.3) is 33.4 Å². The van der Waals surface area contributed by atoms with E-state index in [1.807, 2.05) is 83.4 Å². The number of H-pyrrole nitrogens is 1. The summed E-state index contributed by atoms with van der Waals surface area (Å²) in [6.07, 6.45) is 2.91. The second-order valence-corrected chi connectivity index (χ2v) is 10.1. The number of carbonyl (C=O) groups excluding carboxylic acids is 2. The second kappa shape index (κ2) is 12.1. The Bertz CT molecular complexity index is 1500. The summed E-state index contributed by atoms with van der Waals surface area (Å²) in [5, 5.41) is 0.796. The highest BCUT2D eigenvalue weighted by atomic mass is 16.5. The van der Waals surface area contributed by atoms with Crippen LogP contribution >= 0.6 is 0 Å². The molecule has 4 rings (SSSR count). The average Bonchev–Trinajstić information content (AvgIpc) is 3.28. The maximum Gasteiger partial charge on any atom is 0.339 e. The van der Waals surface area contributed by atoms with E-state index < -0.39 is 5.97 Å². The van der Waals surface area contributed by atoms with Crippen molar-refractivity contribution in [1.82, 2.24) is 14.9 Å². The fourth-order valence-corrected chi connectivity index (χ4v) is 4.43. The first kappa shape index (κ1) is 27.8. The molecule has 0 bridgehead atoms. The molecule has 0 fully saturated rings. The highest BCUT2D eigenvalue weighted by Gasteiger charge is 2.21. The molecule has 4 aromatic rings. The van der Waals surface area contributed by atoms with E-state index in [-0.39, 0.29) is 18.3 Å². The second-order valence-electron chi connectivity index (χ2n) is 10.1. The lowest BCUT2D eigenvalue weighted by molar-refractivity contribution is -0.114. The molecule has 0 atom stereocenters. The number of rotatable bonds is 11. The topological polar surface area (TPSA) is 84.5 Å². The van der Waals surface area contributed by atoms with Crippen molar-refractivity contribution in [2.45, 2.75) is 33.3 Å². The minimum absolute atomic E-state index is 0.0420. The standard InChI is InChI=1S/C32H35N3O4/c1-7-25(36)17-23-9-8-10-27(21(23)4)29-28-18-24(32(37)39-20(2)3)19-33-31(28)34-30(29)22-11-13-26(14-12-22)38-16-15-35(5)6/h7-14,18-20H,1,15-17H2,2-6H3,(H,33,34). The van der Waals surface area contributed by atoms with Crippen LogP contribution in [0.2, 0.25) is 0 Å². The largest absolute Gasteiger partial charge is 0.492 e. The smallest absolute Gasteiger partial charge is 0.339 e. The zero-order valence-electron chi connectivity index (χ0n) is 23.2. The van der Waals surface area contributed by atoms with Crippen LogP contribution < -0.4 is 4.74 Å². The van der Waals surface area contributed by atoms with E-state index in [0.29, 0.717) is 17.8 Å². The number of fused-ring (bicyclic) bond motifs is 1. The van der Waals surface area contributed by atoms with Crippen molar-refractivity contribution in [3.05, 3.63) is 84.1 Å². The van der Waals surface area contributed by atoms with Gasteiger partial charge in [-0.3, -0.25) is 4.79 Å². The van der Waals surface area contributed by atoms with Gasteiger partial charge in [0, 0.05) is 30.1 Å². The van der Waals surface area contributed by atoms with Crippen LogP contribution in [0.5, 0.6) is 5.75 Å². The van der Waals surface area contributed by atoms with Crippen LogP contribution in [0.1, 0.15) is 35.3 Å². The fraction of sp³-hybridized carbons (Fsp3) is 0.281. The van der Waals surface area contributed by atoms with Gasteiger partial charge in [0.05, 0.1) is 17.4 Å². The monoisotopic (exact) mass is 525 g/mol. The van der Waals surface area contributed by atoms with E-state index in [1.165, 1.54) is 12.3 Å². The van der Waals surface area contributed by atoms with Gasteiger partial charge >= 0.3 is 5.97 Å². The molecule has 39 heavy (non-hydrogen) atoms. The lowest BCUT2D eigenvalue weighted by atomic mass is 9.91. The number of benzene rings is 2. The molecular weight excluding hydrogens is 490 g/mol. The average molecular weight is 526 g/mol. The van der Waals surface area contributed by atoms with Crippen LogP contribution in [-0.4, -0.2) is 60.0 Å². The van der Waals surface area contributed by atoms with Crippen molar-refractivity contribution in [2.75, 3.05) is 27.2 Å². The molecule has 2 aromatic carbocycles. The molecule has 1 N–H and O–H groups in total. The summed E-state index contributed by atoms with van der Waals surface area (Å²) in [6.45, 7) is 10.7. The molecule has 0 aliphatic carbocycles. The number of pyridine rings is 1. The molecule has 2 heterocycles. The van der Waals surface area contributed by atoms with E-state index in [2.05, 4.69) is 21.4 Å². The fourth-order valence-electron chi connectivity index (χ4n) is 4.43. The molecule has 0 radical (unpaired) electrons. The van der Waals surface area contributed by atoms with E-state index in [9.17, 15) is 9.59 Å². The summed E-state index contributed by atoms with van der Waals surface area (Å²) < 4.78 is 11.3. The molecule has 0 saturated carbocycles. The highest BCUT2D eigenvalue weighted by Crippen LogP contribution is 2.40. The van der Waals surface area contributed by atoms with Gasteiger partial charge in [-0.2, -0.15) is 0 Å². The van der Waals surface area contributed by atoms with Gasteiger partial charge in [-0.05, 0) is 93.5 Å². The Balaban J connectivity index is 1.85. The molecule has 2 aromatic heterocycles. The summed E-state index contributed by atoms with van der Waals surface area (Å²) in [7, 11) is 4.02. The first-order valence-corrected chi connectivity index (χ1v) is 13.0. The maximum absolute atomic E-state index is 12.7. The summed E-state index contributed by atoms with van der Waals surface area (Å²) in [4.78, 5) is 35.0. The Labute approximate surface area is 229 Å². The summed E-state index contributed by atoms with van der Waals surface area (Å²) >= 11 is 0. The normalized spacial score (nSPS) is 11.3. The number of ketones is 1. The third kappa shape index (κ3) is 6.44. The number of nitrogens with one attached hydrogen (secondary N) is 1. The zero-order valence-corrected chi connectivity index (χ0v) is 23.2. The minimum atomic E-state index is -0.422. The van der Waals surface area contributed by atoms with Crippen LogP contribution in [0.15, 0.2) is 67.4 Å². The Kier molecular flexibility index (Phi) is 8.62. The van der Waals surface area contributed by atoms with Gasteiger partial charge < -0.3 is 19.4 Å². The van der Waals surface area contributed by atoms with Gasteiger partial charge in [0.2, 0.25) is 0 Å². The highest BCUT2D eigenvalue weighted by molar-refractivity contribution is 6.06. The molecule has 0 unspecified atom stereocenters. The SMILES string of the molecule is C=CC(=O)Cc1cccc(-c2c(-c3ccc(OCCN(C)C)cc3)[nH]c3ncc(C(=O)OC(C)C)cc23)c1C. The van der Waals surface area contributed by atoms with Crippen LogP contribution in [-0.2, 0) is 16.0 Å². The van der Waals surface area contributed by atoms with E-state index in [1.54, 1.807) is 0 Å². The first-order valence-electron chi connectivity index (χ1n) is 13.0. The summed E-state index contributed by atoms with van der Waals surface area (Å²) in [5.74, 6) is 0.324. The number of allylic oxidation sites excluding steroid dienone is 1. The Hall–Kier alpha value is -4.23. The zero-order chi connectivity index (χ0) is 28.1. The van der Waals surface area contributed by atoms with Crippen molar-refractivity contribution in [1.29, 1.82) is 0 Å². The first-order chi connectivity index (χ1) is 18.7. The molecule has 0 amide bonds. The number of esters is 1. The van der Waals surface area contributed by atoms with Crippen molar-refractivity contribution in [2.24, 2.45) is 0 Å². The number of likely N-dealkylation sites (N-methyl/N-ethyl adjacent to an activating group) is 1. The van der Waals surface area contributed by atoms with Crippen molar-refractivity contribution in [3.63, 3.8) is 0 Å². The summed E-state index contributed by atoms with van der Waals surface area (Å²) in [6, 6.07) is 15.7. The quantitative estimate of drug-likeness (QED) is 0.191. The van der Waals surface area contributed by atoms with E-state index in [4.69, 9.17) is 9.47 Å². The third-order valence-electron chi connectivity index (χ3n) is 6.49. The Morgan fingerprint density at radius 3 is 2.54 bits per heavy atom. The van der Waals surface area contributed by atoms with Crippen LogP contribution in [0, 0.1) is 6.92 Å². The molecule has 7 nitrogen and oxygen atoms in total. The predicted octanol–water partition coefficient (Wildman–Crippen LogP) is 6.01. The number of ether oxygens (including phenoxy) is 2. The van der Waals surface area contributed by atoms with Crippen LogP contribution in [0.3, 0.4) is 0 Å². The van der Waals surface area contributed by atoms with Crippen molar-refractivity contribution in [3.8, 4) is 28.1 Å². The van der Waals surface area contributed by atoms with Crippen molar-refractivity contribution >= 4 is 22.8 Å². The number of aromatic amines is 1. The lowest BCUT2D eigenvalue weighted by Gasteiger charge is -2.14. The Morgan fingerprint density at radius 2 is 1.87 bits per heavy atom. The van der Waals surface area contributed by atoms with Gasteiger partial charge in [0.1, 0.15) is 18.0 Å².